The summed E-state index contributed by atoms with van der Waals surface area (Å²) in [6.45, 7) is 1.15. The van der Waals surface area contributed by atoms with Crippen molar-refractivity contribution in [2.75, 3.05) is 31.2 Å². The summed E-state index contributed by atoms with van der Waals surface area (Å²) in [6, 6.07) is 17.7. The van der Waals surface area contributed by atoms with Crippen molar-refractivity contribution in [2.45, 2.75) is 6.42 Å². The number of anilines is 1. The van der Waals surface area contributed by atoms with E-state index >= 15 is 0 Å². The third-order valence-electron chi connectivity index (χ3n) is 5.34. The molecule has 0 unspecified atom stereocenters. The summed E-state index contributed by atoms with van der Waals surface area (Å²) in [6.07, 6.45) is 3.76. The Balaban J connectivity index is 1.45. The summed E-state index contributed by atoms with van der Waals surface area (Å²) in [5.74, 6) is -1.53. The number of hydrogen-bond donors (Lipinski definition) is 1. The van der Waals surface area contributed by atoms with Crippen molar-refractivity contribution in [2.24, 2.45) is 0 Å². The standard InChI is InChI=1S/C27H24F2N2O4/c28-20-8-10-22(23(29)17-20)27(33)30-13-12-26(32)31(14-4-7-19-5-2-1-3-6-19)21-9-11-24-25(18-21)35-16-15-34-24/h1-11,17-18H,12-16H2,(H,30,33)/b7-4+. The number of rotatable bonds is 8. The fraction of sp³-hybridized carbons (Fsp3) is 0.185. The lowest BCUT2D eigenvalue weighted by molar-refractivity contribution is -0.118. The quantitative estimate of drug-likeness (QED) is 0.514. The van der Waals surface area contributed by atoms with Crippen LogP contribution in [0.25, 0.3) is 6.08 Å². The first kappa shape index (κ1) is 23.9. The van der Waals surface area contributed by atoms with Crippen LogP contribution in [-0.2, 0) is 4.79 Å². The number of ether oxygens (including phenoxy) is 2. The zero-order chi connectivity index (χ0) is 24.6. The summed E-state index contributed by atoms with van der Waals surface area (Å²) in [4.78, 5) is 26.9. The van der Waals surface area contributed by atoms with Crippen molar-refractivity contribution < 1.29 is 27.8 Å². The number of amides is 2. The Morgan fingerprint density at radius 1 is 0.943 bits per heavy atom. The highest BCUT2D eigenvalue weighted by Crippen LogP contribution is 2.34. The van der Waals surface area contributed by atoms with Gasteiger partial charge in [0.2, 0.25) is 5.91 Å². The molecule has 3 aromatic carbocycles. The second-order valence-corrected chi connectivity index (χ2v) is 7.78. The molecule has 8 heteroatoms. The Bertz CT molecular complexity index is 1230. The topological polar surface area (TPSA) is 67.9 Å². The molecule has 3 aromatic rings. The molecule has 35 heavy (non-hydrogen) atoms. The average molecular weight is 478 g/mol. The predicted octanol–water partition coefficient (Wildman–Crippen LogP) is 4.60. The van der Waals surface area contributed by atoms with Crippen LogP contribution in [-0.4, -0.2) is 38.1 Å². The normalized spacial score (nSPS) is 12.4. The van der Waals surface area contributed by atoms with Crippen LogP contribution < -0.4 is 19.7 Å². The molecular formula is C27H24F2N2O4. The minimum absolute atomic E-state index is 0.0159. The smallest absolute Gasteiger partial charge is 0.254 e. The van der Waals surface area contributed by atoms with Crippen LogP contribution in [0.4, 0.5) is 14.5 Å². The predicted molar refractivity (Wildman–Crippen MR) is 129 cm³/mol. The van der Waals surface area contributed by atoms with E-state index in [1.54, 1.807) is 23.1 Å². The first-order valence-electron chi connectivity index (χ1n) is 11.2. The summed E-state index contributed by atoms with van der Waals surface area (Å²) in [7, 11) is 0. The van der Waals surface area contributed by atoms with Crippen LogP contribution in [0.3, 0.4) is 0 Å². The fourth-order valence-corrected chi connectivity index (χ4v) is 3.60. The molecule has 4 rings (SSSR count). The lowest BCUT2D eigenvalue weighted by atomic mass is 10.2. The molecule has 0 atom stereocenters. The first-order valence-corrected chi connectivity index (χ1v) is 11.2. The van der Waals surface area contributed by atoms with E-state index in [1.807, 2.05) is 42.5 Å². The zero-order valence-electron chi connectivity index (χ0n) is 18.9. The molecule has 0 saturated heterocycles. The molecule has 0 aromatic heterocycles. The van der Waals surface area contributed by atoms with E-state index in [0.29, 0.717) is 36.5 Å². The summed E-state index contributed by atoms with van der Waals surface area (Å²) >= 11 is 0. The third-order valence-corrected chi connectivity index (χ3v) is 5.34. The van der Waals surface area contributed by atoms with E-state index in [2.05, 4.69) is 5.32 Å². The Hall–Kier alpha value is -4.20. The Morgan fingerprint density at radius 2 is 1.71 bits per heavy atom. The second kappa shape index (κ2) is 11.3. The molecular weight excluding hydrogens is 454 g/mol. The number of nitrogens with one attached hydrogen (secondary N) is 1. The molecule has 180 valence electrons. The summed E-state index contributed by atoms with van der Waals surface area (Å²) in [5, 5.41) is 2.52. The number of nitrogens with zero attached hydrogens (tertiary/aromatic N) is 1. The number of benzene rings is 3. The molecule has 1 N–H and O–H groups in total. The van der Waals surface area contributed by atoms with Crippen LogP contribution >= 0.6 is 0 Å². The highest BCUT2D eigenvalue weighted by atomic mass is 19.1. The van der Waals surface area contributed by atoms with E-state index < -0.39 is 17.5 Å². The van der Waals surface area contributed by atoms with Gasteiger partial charge in [0, 0.05) is 37.3 Å². The number of carbonyl (C=O) groups is 2. The monoisotopic (exact) mass is 478 g/mol. The van der Waals surface area contributed by atoms with Gasteiger partial charge in [-0.25, -0.2) is 8.78 Å². The molecule has 1 aliphatic heterocycles. The van der Waals surface area contributed by atoms with Gasteiger partial charge < -0.3 is 19.7 Å². The maximum Gasteiger partial charge on any atom is 0.254 e. The minimum atomic E-state index is -0.960. The molecule has 2 amide bonds. The number of fused-ring (bicyclic) bond motifs is 1. The molecule has 1 heterocycles. The van der Waals surface area contributed by atoms with Crippen molar-refractivity contribution in [3.8, 4) is 11.5 Å². The van der Waals surface area contributed by atoms with E-state index in [9.17, 15) is 18.4 Å². The first-order chi connectivity index (χ1) is 17.0. The van der Waals surface area contributed by atoms with E-state index in [0.717, 1.165) is 17.7 Å². The number of hydrogen-bond acceptors (Lipinski definition) is 4. The SMILES string of the molecule is O=C(NCCC(=O)N(C/C=C/c1ccccc1)c1ccc2c(c1)OCCO2)c1ccc(F)cc1F. The van der Waals surface area contributed by atoms with Gasteiger partial charge in [0.1, 0.15) is 24.8 Å². The average Bonchev–Trinajstić information content (AvgIpc) is 2.87. The van der Waals surface area contributed by atoms with E-state index in [1.165, 1.54) is 0 Å². The number of halogens is 2. The fourth-order valence-electron chi connectivity index (χ4n) is 3.60. The van der Waals surface area contributed by atoms with E-state index in [-0.39, 0.29) is 31.0 Å². The van der Waals surface area contributed by atoms with Gasteiger partial charge in [-0.2, -0.15) is 0 Å². The van der Waals surface area contributed by atoms with Gasteiger partial charge >= 0.3 is 0 Å². The lowest BCUT2D eigenvalue weighted by Gasteiger charge is -2.24. The molecule has 0 spiro atoms. The van der Waals surface area contributed by atoms with Crippen LogP contribution in [0, 0.1) is 11.6 Å². The van der Waals surface area contributed by atoms with Crippen LogP contribution in [0.5, 0.6) is 11.5 Å². The number of carbonyl (C=O) groups excluding carboxylic acids is 2. The molecule has 0 bridgehead atoms. The van der Waals surface area contributed by atoms with Gasteiger partial charge in [-0.15, -0.1) is 0 Å². The van der Waals surface area contributed by atoms with Gasteiger partial charge in [-0.1, -0.05) is 42.5 Å². The van der Waals surface area contributed by atoms with Crippen LogP contribution in [0.15, 0.2) is 72.8 Å². The van der Waals surface area contributed by atoms with Gasteiger partial charge in [0.05, 0.1) is 5.56 Å². The lowest BCUT2D eigenvalue weighted by Crippen LogP contribution is -2.35. The van der Waals surface area contributed by atoms with Gasteiger partial charge in [-0.3, -0.25) is 9.59 Å². The van der Waals surface area contributed by atoms with Crippen molar-refractivity contribution in [3.05, 3.63) is 95.6 Å². The highest BCUT2D eigenvalue weighted by Gasteiger charge is 2.19. The Kier molecular flexibility index (Phi) is 7.72. The van der Waals surface area contributed by atoms with Crippen molar-refractivity contribution in [1.29, 1.82) is 0 Å². The molecule has 0 aliphatic carbocycles. The van der Waals surface area contributed by atoms with Gasteiger partial charge in [0.25, 0.3) is 5.91 Å². The largest absolute Gasteiger partial charge is 0.486 e. The molecule has 0 radical (unpaired) electrons. The van der Waals surface area contributed by atoms with Crippen molar-refractivity contribution >= 4 is 23.6 Å². The summed E-state index contributed by atoms with van der Waals surface area (Å²) in [5.41, 5.74) is 1.33. The molecule has 1 aliphatic rings. The molecule has 0 fully saturated rings. The molecule has 0 saturated carbocycles. The van der Waals surface area contributed by atoms with Crippen LogP contribution in [0.2, 0.25) is 0 Å². The molecule has 6 nitrogen and oxygen atoms in total. The second-order valence-electron chi connectivity index (χ2n) is 7.78. The Labute approximate surface area is 201 Å². The zero-order valence-corrected chi connectivity index (χ0v) is 18.9. The highest BCUT2D eigenvalue weighted by molar-refractivity contribution is 5.96. The van der Waals surface area contributed by atoms with Crippen LogP contribution in [0.1, 0.15) is 22.3 Å². The third kappa shape index (κ3) is 6.23. The van der Waals surface area contributed by atoms with Gasteiger partial charge in [-0.05, 0) is 29.8 Å². The van der Waals surface area contributed by atoms with Crippen molar-refractivity contribution in [3.63, 3.8) is 0 Å². The maximum absolute atomic E-state index is 13.8. The van der Waals surface area contributed by atoms with Gasteiger partial charge in [0.15, 0.2) is 11.5 Å². The van der Waals surface area contributed by atoms with E-state index in [4.69, 9.17) is 9.47 Å². The Morgan fingerprint density at radius 3 is 2.49 bits per heavy atom. The summed E-state index contributed by atoms with van der Waals surface area (Å²) < 4.78 is 38.2. The van der Waals surface area contributed by atoms with Crippen molar-refractivity contribution in [1.82, 2.24) is 5.32 Å². The maximum atomic E-state index is 13.8. The minimum Gasteiger partial charge on any atom is -0.486 e.